The summed E-state index contributed by atoms with van der Waals surface area (Å²) >= 11 is 0. The molecule has 2 atom stereocenters. The van der Waals surface area contributed by atoms with Crippen LogP contribution in [-0.4, -0.2) is 80.9 Å². The van der Waals surface area contributed by atoms with Gasteiger partial charge < -0.3 is 20.1 Å². The maximum absolute atomic E-state index is 12.2. The largest absolute Gasteiger partial charge is 0.381 e. The van der Waals surface area contributed by atoms with E-state index < -0.39 is 0 Å². The molecule has 2 heterocycles. The second-order valence-electron chi connectivity index (χ2n) is 5.24. The molecule has 0 aromatic heterocycles. The van der Waals surface area contributed by atoms with E-state index in [-0.39, 0.29) is 30.5 Å². The third kappa shape index (κ3) is 4.56. The van der Waals surface area contributed by atoms with Gasteiger partial charge in [-0.25, -0.2) is 0 Å². The number of piperidine rings is 1. The fourth-order valence-corrected chi connectivity index (χ4v) is 2.82. The lowest BCUT2D eigenvalue weighted by Crippen LogP contribution is -2.53. The zero-order valence-electron chi connectivity index (χ0n) is 12.1. The van der Waals surface area contributed by atoms with E-state index in [0.717, 1.165) is 19.4 Å². The van der Waals surface area contributed by atoms with E-state index in [9.17, 15) is 4.79 Å². The van der Waals surface area contributed by atoms with Gasteiger partial charge in [0.05, 0.1) is 25.9 Å². The first kappa shape index (κ1) is 17.7. The van der Waals surface area contributed by atoms with Crippen molar-refractivity contribution < 1.29 is 14.3 Å². The van der Waals surface area contributed by atoms with Crippen LogP contribution in [0.3, 0.4) is 0 Å². The van der Waals surface area contributed by atoms with Crippen molar-refractivity contribution >= 4 is 18.3 Å². The van der Waals surface area contributed by atoms with Crippen molar-refractivity contribution in [1.82, 2.24) is 9.80 Å². The number of methoxy groups -OCH3 is 1. The number of amides is 1. The van der Waals surface area contributed by atoms with Crippen LogP contribution < -0.4 is 5.73 Å². The van der Waals surface area contributed by atoms with Crippen molar-refractivity contribution in [2.45, 2.75) is 25.0 Å². The first-order valence-electron chi connectivity index (χ1n) is 7.07. The van der Waals surface area contributed by atoms with Crippen molar-refractivity contribution in [1.29, 1.82) is 0 Å². The molecule has 0 saturated carbocycles. The Labute approximate surface area is 127 Å². The minimum atomic E-state index is 0. The van der Waals surface area contributed by atoms with Gasteiger partial charge in [-0.05, 0) is 12.8 Å². The second-order valence-corrected chi connectivity index (χ2v) is 5.24. The third-order valence-electron chi connectivity index (χ3n) is 4.10. The van der Waals surface area contributed by atoms with Gasteiger partial charge in [0.1, 0.15) is 0 Å². The number of ether oxygens (including phenoxy) is 2. The molecule has 7 heteroatoms. The number of rotatable bonds is 4. The smallest absolute Gasteiger partial charge is 0.236 e. The molecule has 2 fully saturated rings. The van der Waals surface area contributed by atoms with E-state index in [1.54, 1.807) is 7.11 Å². The van der Waals surface area contributed by atoms with Gasteiger partial charge in [0.15, 0.2) is 0 Å². The fraction of sp³-hybridized carbons (Fsp3) is 0.923. The molecule has 1 amide bonds. The van der Waals surface area contributed by atoms with Gasteiger partial charge in [-0.3, -0.25) is 9.69 Å². The highest BCUT2D eigenvalue weighted by Gasteiger charge is 2.30. The summed E-state index contributed by atoms with van der Waals surface area (Å²) in [6, 6.07) is 0.253. The molecule has 2 N–H and O–H groups in total. The summed E-state index contributed by atoms with van der Waals surface area (Å²) in [4.78, 5) is 16.3. The minimum Gasteiger partial charge on any atom is -0.381 e. The van der Waals surface area contributed by atoms with E-state index >= 15 is 0 Å². The zero-order valence-corrected chi connectivity index (χ0v) is 12.9. The first-order chi connectivity index (χ1) is 9.24. The number of hydrogen-bond acceptors (Lipinski definition) is 5. The standard InChI is InChI=1S/C13H25N3O3.ClH/c1-18-12-2-3-16(11(8-12)9-14)10-13(17)15-4-6-19-7-5-15;/h11-12H,2-10,14H2,1H3;1H. The lowest BCUT2D eigenvalue weighted by Gasteiger charge is -2.39. The highest BCUT2D eigenvalue weighted by Crippen LogP contribution is 2.19. The summed E-state index contributed by atoms with van der Waals surface area (Å²) in [6.07, 6.45) is 2.18. The molecule has 0 radical (unpaired) electrons. The summed E-state index contributed by atoms with van der Waals surface area (Å²) in [5.41, 5.74) is 5.82. The Morgan fingerprint density at radius 2 is 2.05 bits per heavy atom. The number of carbonyl (C=O) groups is 1. The summed E-state index contributed by atoms with van der Waals surface area (Å²) in [7, 11) is 1.74. The number of halogens is 1. The molecule has 2 unspecified atom stereocenters. The quantitative estimate of drug-likeness (QED) is 0.773. The van der Waals surface area contributed by atoms with Gasteiger partial charge in [-0.1, -0.05) is 0 Å². The number of nitrogens with two attached hydrogens (primary N) is 1. The highest BCUT2D eigenvalue weighted by molar-refractivity contribution is 5.85. The monoisotopic (exact) mass is 307 g/mol. The van der Waals surface area contributed by atoms with E-state index in [0.29, 0.717) is 39.4 Å². The topological polar surface area (TPSA) is 68.0 Å². The van der Waals surface area contributed by atoms with E-state index in [4.69, 9.17) is 15.2 Å². The van der Waals surface area contributed by atoms with Crippen LogP contribution in [0.5, 0.6) is 0 Å². The molecule has 2 aliphatic heterocycles. The van der Waals surface area contributed by atoms with Gasteiger partial charge in [-0.15, -0.1) is 12.4 Å². The Bertz CT molecular complexity index is 301. The molecule has 0 spiro atoms. The van der Waals surface area contributed by atoms with E-state index in [1.165, 1.54) is 0 Å². The van der Waals surface area contributed by atoms with Gasteiger partial charge >= 0.3 is 0 Å². The number of likely N-dealkylation sites (tertiary alicyclic amines) is 1. The fourth-order valence-electron chi connectivity index (χ4n) is 2.82. The average molecular weight is 308 g/mol. The Hall–Kier alpha value is -0.400. The predicted octanol–water partition coefficient (Wildman–Crippen LogP) is -0.295. The third-order valence-corrected chi connectivity index (χ3v) is 4.10. The van der Waals surface area contributed by atoms with E-state index in [1.807, 2.05) is 4.90 Å². The summed E-state index contributed by atoms with van der Waals surface area (Å²) in [5.74, 6) is 0.192. The van der Waals surface area contributed by atoms with Crippen LogP contribution in [0.1, 0.15) is 12.8 Å². The molecule has 6 nitrogen and oxygen atoms in total. The van der Waals surface area contributed by atoms with Crippen LogP contribution in [0.2, 0.25) is 0 Å². The van der Waals surface area contributed by atoms with Crippen LogP contribution in [0, 0.1) is 0 Å². The maximum atomic E-state index is 12.2. The Kier molecular flexibility index (Phi) is 7.76. The molecule has 2 saturated heterocycles. The molecule has 2 rings (SSSR count). The predicted molar refractivity (Wildman–Crippen MR) is 79.1 cm³/mol. The van der Waals surface area contributed by atoms with Gasteiger partial charge in [-0.2, -0.15) is 0 Å². The lowest BCUT2D eigenvalue weighted by molar-refractivity contribution is -0.138. The zero-order chi connectivity index (χ0) is 13.7. The molecule has 0 aliphatic carbocycles. The summed E-state index contributed by atoms with van der Waals surface area (Å²) < 4.78 is 10.7. The summed E-state index contributed by atoms with van der Waals surface area (Å²) in [5, 5.41) is 0. The van der Waals surface area contributed by atoms with Crippen molar-refractivity contribution in [3.63, 3.8) is 0 Å². The van der Waals surface area contributed by atoms with Crippen LogP contribution >= 0.6 is 12.4 Å². The first-order valence-corrected chi connectivity index (χ1v) is 7.07. The maximum Gasteiger partial charge on any atom is 0.236 e. The van der Waals surface area contributed by atoms with Crippen molar-refractivity contribution in [2.24, 2.45) is 5.73 Å². The molecule has 118 valence electrons. The molecule has 0 bridgehead atoms. The molecular formula is C13H26ClN3O3. The molecule has 0 aromatic rings. The van der Waals surface area contributed by atoms with Crippen LogP contribution in [-0.2, 0) is 14.3 Å². The number of carbonyl (C=O) groups excluding carboxylic acids is 1. The van der Waals surface area contributed by atoms with E-state index in [2.05, 4.69) is 4.90 Å². The lowest BCUT2D eigenvalue weighted by atomic mass is 9.99. The number of hydrogen-bond donors (Lipinski definition) is 1. The van der Waals surface area contributed by atoms with Gasteiger partial charge in [0.2, 0.25) is 5.91 Å². The van der Waals surface area contributed by atoms with Crippen molar-refractivity contribution in [3.8, 4) is 0 Å². The SMILES string of the molecule is COC1CCN(CC(=O)N2CCOCC2)C(CN)C1.Cl. The minimum absolute atomic E-state index is 0. The number of morpholine rings is 1. The summed E-state index contributed by atoms with van der Waals surface area (Å²) in [6.45, 7) is 4.65. The highest BCUT2D eigenvalue weighted by atomic mass is 35.5. The molecule has 0 aromatic carbocycles. The van der Waals surface area contributed by atoms with Crippen molar-refractivity contribution in [2.75, 3.05) is 53.0 Å². The molecule has 20 heavy (non-hydrogen) atoms. The second kappa shape index (κ2) is 8.79. The van der Waals surface area contributed by atoms with Crippen LogP contribution in [0.4, 0.5) is 0 Å². The van der Waals surface area contributed by atoms with Crippen LogP contribution in [0.15, 0.2) is 0 Å². The Morgan fingerprint density at radius 3 is 2.65 bits per heavy atom. The normalized spacial score (nSPS) is 28.0. The van der Waals surface area contributed by atoms with Crippen molar-refractivity contribution in [3.05, 3.63) is 0 Å². The Balaban J connectivity index is 0.00000200. The molecule has 2 aliphatic rings. The number of nitrogens with zero attached hydrogens (tertiary/aromatic N) is 2. The van der Waals surface area contributed by atoms with Gasteiger partial charge in [0, 0.05) is 39.3 Å². The Morgan fingerprint density at radius 1 is 1.35 bits per heavy atom. The van der Waals surface area contributed by atoms with Gasteiger partial charge in [0.25, 0.3) is 0 Å². The molecular weight excluding hydrogens is 282 g/mol. The van der Waals surface area contributed by atoms with Crippen LogP contribution in [0.25, 0.3) is 0 Å². The average Bonchev–Trinajstić information content (AvgIpc) is 2.48.